The minimum Gasteiger partial charge on any atom is -0.343 e. The van der Waals surface area contributed by atoms with Gasteiger partial charge in [-0.25, -0.2) is 0 Å². The van der Waals surface area contributed by atoms with E-state index in [9.17, 15) is 4.79 Å². The lowest BCUT2D eigenvalue weighted by Crippen LogP contribution is -2.41. The normalized spacial score (nSPS) is 20.7. The molecule has 3 heteroatoms. The summed E-state index contributed by atoms with van der Waals surface area (Å²) in [5, 5.41) is 0. The molecule has 1 amide bonds. The van der Waals surface area contributed by atoms with Crippen LogP contribution in [0.15, 0.2) is 0 Å². The van der Waals surface area contributed by atoms with Crippen molar-refractivity contribution in [1.82, 2.24) is 4.90 Å². The van der Waals surface area contributed by atoms with Crippen LogP contribution in [0, 0.1) is 11.8 Å². The van der Waals surface area contributed by atoms with E-state index in [0.29, 0.717) is 12.3 Å². The van der Waals surface area contributed by atoms with Crippen LogP contribution in [0.25, 0.3) is 0 Å². The fourth-order valence-electron chi connectivity index (χ4n) is 1.82. The fraction of sp³-hybridized carbons (Fsp3) is 0.917. The van der Waals surface area contributed by atoms with Crippen LogP contribution in [0.1, 0.15) is 40.0 Å². The number of hydrogen-bond acceptors (Lipinski definition) is 2. The molecule has 0 spiro atoms. The van der Waals surface area contributed by atoms with E-state index in [1.54, 1.807) is 0 Å². The Hall–Kier alpha value is -0.570. The Bertz CT molecular complexity index is 208. The topological polar surface area (TPSA) is 46.3 Å². The summed E-state index contributed by atoms with van der Waals surface area (Å²) in [6.07, 6.45) is 2.79. The first-order valence-electron chi connectivity index (χ1n) is 6.04. The lowest BCUT2D eigenvalue weighted by molar-refractivity contribution is -0.133. The third kappa shape index (κ3) is 3.82. The quantitative estimate of drug-likeness (QED) is 0.772. The van der Waals surface area contributed by atoms with Gasteiger partial charge in [0.05, 0.1) is 0 Å². The molecule has 0 aromatic heterocycles. The van der Waals surface area contributed by atoms with Gasteiger partial charge >= 0.3 is 0 Å². The van der Waals surface area contributed by atoms with Crippen molar-refractivity contribution in [3.05, 3.63) is 0 Å². The van der Waals surface area contributed by atoms with E-state index in [2.05, 4.69) is 20.8 Å². The highest BCUT2D eigenvalue weighted by Gasteiger charge is 2.22. The molecule has 1 saturated heterocycles. The van der Waals surface area contributed by atoms with Crippen LogP contribution in [0.2, 0.25) is 0 Å². The van der Waals surface area contributed by atoms with Crippen molar-refractivity contribution in [3.8, 4) is 0 Å². The Morgan fingerprint density at radius 3 is 2.40 bits per heavy atom. The van der Waals surface area contributed by atoms with Crippen molar-refractivity contribution in [1.29, 1.82) is 0 Å². The molecule has 0 saturated carbocycles. The summed E-state index contributed by atoms with van der Waals surface area (Å²) in [5.41, 5.74) is 5.90. The smallest absolute Gasteiger partial charge is 0.224 e. The molecule has 1 aliphatic heterocycles. The Morgan fingerprint density at radius 1 is 1.40 bits per heavy atom. The minimum atomic E-state index is 0.0110. The molecule has 0 radical (unpaired) electrons. The van der Waals surface area contributed by atoms with Crippen molar-refractivity contribution in [2.24, 2.45) is 17.6 Å². The summed E-state index contributed by atoms with van der Waals surface area (Å²) < 4.78 is 0. The first kappa shape index (κ1) is 12.5. The number of likely N-dealkylation sites (tertiary alicyclic amines) is 1. The van der Waals surface area contributed by atoms with Gasteiger partial charge in [-0.3, -0.25) is 4.79 Å². The molecule has 88 valence electrons. The van der Waals surface area contributed by atoms with Gasteiger partial charge in [0.15, 0.2) is 0 Å². The number of nitrogens with two attached hydrogens (primary N) is 1. The van der Waals surface area contributed by atoms with Gasteiger partial charge in [-0.2, -0.15) is 0 Å². The molecular weight excluding hydrogens is 188 g/mol. The molecule has 1 unspecified atom stereocenters. The third-order valence-electron chi connectivity index (χ3n) is 3.40. The van der Waals surface area contributed by atoms with Crippen LogP contribution in [0.5, 0.6) is 0 Å². The number of nitrogens with zero attached hydrogens (tertiary/aromatic N) is 1. The predicted molar refractivity (Wildman–Crippen MR) is 62.4 cm³/mol. The summed E-state index contributed by atoms with van der Waals surface area (Å²) in [4.78, 5) is 13.8. The number of piperidine rings is 1. The molecule has 2 N–H and O–H groups in total. The summed E-state index contributed by atoms with van der Waals surface area (Å²) >= 11 is 0. The Labute approximate surface area is 93.0 Å². The van der Waals surface area contributed by atoms with E-state index in [0.717, 1.165) is 31.8 Å². The molecule has 1 fully saturated rings. The summed E-state index contributed by atoms with van der Waals surface area (Å²) in [6.45, 7) is 8.23. The number of rotatable bonds is 3. The van der Waals surface area contributed by atoms with Crippen molar-refractivity contribution < 1.29 is 4.79 Å². The lowest BCUT2D eigenvalue weighted by atomic mass is 9.97. The van der Waals surface area contributed by atoms with E-state index < -0.39 is 0 Å². The SMILES string of the molecule is CC1CCN(C(=O)CC(N)C(C)C)CC1. The average molecular weight is 212 g/mol. The maximum absolute atomic E-state index is 11.9. The van der Waals surface area contributed by atoms with Gasteiger partial charge in [0.2, 0.25) is 5.91 Å². The third-order valence-corrected chi connectivity index (χ3v) is 3.40. The second-order valence-electron chi connectivity index (χ2n) is 5.18. The maximum Gasteiger partial charge on any atom is 0.224 e. The Morgan fingerprint density at radius 2 is 1.93 bits per heavy atom. The van der Waals surface area contributed by atoms with Gasteiger partial charge in [0.25, 0.3) is 0 Å². The van der Waals surface area contributed by atoms with Crippen LogP contribution in [0.4, 0.5) is 0 Å². The highest BCUT2D eigenvalue weighted by molar-refractivity contribution is 5.76. The number of carbonyl (C=O) groups is 1. The molecule has 0 aromatic rings. The molecule has 0 aliphatic carbocycles. The highest BCUT2D eigenvalue weighted by atomic mass is 16.2. The fourth-order valence-corrected chi connectivity index (χ4v) is 1.82. The maximum atomic E-state index is 11.9. The molecule has 1 rings (SSSR count). The molecule has 1 atom stereocenters. The molecule has 0 aromatic carbocycles. The zero-order valence-electron chi connectivity index (χ0n) is 10.2. The Kier molecular flexibility index (Phi) is 4.58. The van der Waals surface area contributed by atoms with Gasteiger partial charge in [-0.1, -0.05) is 20.8 Å². The standard InChI is InChI=1S/C12H24N2O/c1-9(2)11(13)8-12(15)14-6-4-10(3)5-7-14/h9-11H,4-8,13H2,1-3H3. The zero-order valence-corrected chi connectivity index (χ0v) is 10.2. The molecule has 3 nitrogen and oxygen atoms in total. The second kappa shape index (κ2) is 5.50. The first-order valence-corrected chi connectivity index (χ1v) is 6.04. The van der Waals surface area contributed by atoms with E-state index in [4.69, 9.17) is 5.73 Å². The van der Waals surface area contributed by atoms with E-state index in [1.165, 1.54) is 0 Å². The predicted octanol–water partition coefficient (Wildman–Crippen LogP) is 1.62. The molecular formula is C12H24N2O. The minimum absolute atomic E-state index is 0.0110. The summed E-state index contributed by atoms with van der Waals surface area (Å²) in [7, 11) is 0. The van der Waals surface area contributed by atoms with Crippen LogP contribution in [0.3, 0.4) is 0 Å². The van der Waals surface area contributed by atoms with Gasteiger partial charge in [-0.15, -0.1) is 0 Å². The second-order valence-corrected chi connectivity index (χ2v) is 5.18. The van der Waals surface area contributed by atoms with Gasteiger partial charge < -0.3 is 10.6 Å². The molecule has 1 heterocycles. The lowest BCUT2D eigenvalue weighted by Gasteiger charge is -2.31. The highest BCUT2D eigenvalue weighted by Crippen LogP contribution is 2.17. The molecule has 15 heavy (non-hydrogen) atoms. The number of amides is 1. The van der Waals surface area contributed by atoms with Crippen LogP contribution in [-0.2, 0) is 4.79 Å². The van der Waals surface area contributed by atoms with Crippen LogP contribution in [-0.4, -0.2) is 29.9 Å². The van der Waals surface area contributed by atoms with Gasteiger partial charge in [0, 0.05) is 25.6 Å². The summed E-state index contributed by atoms with van der Waals surface area (Å²) in [6, 6.07) is 0.0110. The van der Waals surface area contributed by atoms with Crippen molar-refractivity contribution in [3.63, 3.8) is 0 Å². The van der Waals surface area contributed by atoms with E-state index in [-0.39, 0.29) is 11.9 Å². The zero-order chi connectivity index (χ0) is 11.4. The molecule has 0 bridgehead atoms. The average Bonchev–Trinajstić information content (AvgIpc) is 2.18. The van der Waals surface area contributed by atoms with Crippen molar-refractivity contribution in [2.45, 2.75) is 46.1 Å². The number of hydrogen-bond donors (Lipinski definition) is 1. The van der Waals surface area contributed by atoms with Crippen molar-refractivity contribution in [2.75, 3.05) is 13.1 Å². The first-order chi connectivity index (χ1) is 7.00. The largest absolute Gasteiger partial charge is 0.343 e. The number of carbonyl (C=O) groups excluding carboxylic acids is 1. The van der Waals surface area contributed by atoms with Crippen molar-refractivity contribution >= 4 is 5.91 Å². The van der Waals surface area contributed by atoms with Gasteiger partial charge in [0.1, 0.15) is 0 Å². The van der Waals surface area contributed by atoms with E-state index in [1.807, 2.05) is 4.90 Å². The van der Waals surface area contributed by atoms with Crippen LogP contribution < -0.4 is 5.73 Å². The van der Waals surface area contributed by atoms with Crippen LogP contribution >= 0.6 is 0 Å². The van der Waals surface area contributed by atoms with E-state index >= 15 is 0 Å². The summed E-state index contributed by atoms with van der Waals surface area (Å²) in [5.74, 6) is 1.40. The monoisotopic (exact) mass is 212 g/mol. The Balaban J connectivity index is 2.34. The molecule has 1 aliphatic rings. The van der Waals surface area contributed by atoms with Gasteiger partial charge in [-0.05, 0) is 24.7 Å².